The Bertz CT molecular complexity index is 1380. The smallest absolute Gasteiger partial charge is 0.276 e. The lowest BCUT2D eigenvalue weighted by atomic mass is 10.3. The van der Waals surface area contributed by atoms with Crippen molar-refractivity contribution in [3.05, 3.63) is 72.0 Å². The molecule has 0 unspecified atom stereocenters. The van der Waals surface area contributed by atoms with Gasteiger partial charge in [-0.25, -0.2) is 18.1 Å². The Labute approximate surface area is 205 Å². The minimum atomic E-state index is -3.78. The highest BCUT2D eigenvalue weighted by Gasteiger charge is 2.17. The molecule has 0 spiro atoms. The second-order valence-electron chi connectivity index (χ2n) is 6.93. The first-order chi connectivity index (χ1) is 16.9. The monoisotopic (exact) mass is 515 g/mol. The zero-order valence-corrected chi connectivity index (χ0v) is 20.3. The molecular weight excluding hydrogens is 494 g/mol. The van der Waals surface area contributed by atoms with Gasteiger partial charge in [-0.3, -0.25) is 9.52 Å². The summed E-state index contributed by atoms with van der Waals surface area (Å²) in [6, 6.07) is 12.5. The molecule has 0 bridgehead atoms. The van der Waals surface area contributed by atoms with Gasteiger partial charge in [0.2, 0.25) is 5.75 Å². The number of sulfonamides is 1. The van der Waals surface area contributed by atoms with Crippen molar-refractivity contribution in [1.29, 1.82) is 0 Å². The van der Waals surface area contributed by atoms with Crippen molar-refractivity contribution in [2.75, 3.05) is 24.3 Å². The number of methoxy groups -OCH3 is 2. The Balaban J connectivity index is 1.38. The van der Waals surface area contributed by atoms with E-state index in [9.17, 15) is 13.2 Å². The first-order valence-electron chi connectivity index (χ1n) is 10.1. The second kappa shape index (κ2) is 10.4. The number of hydrogen-bond donors (Lipinski definition) is 2. The van der Waals surface area contributed by atoms with Gasteiger partial charge in [-0.15, -0.1) is 11.3 Å². The second-order valence-corrected chi connectivity index (χ2v) is 9.50. The van der Waals surface area contributed by atoms with Crippen LogP contribution in [0.4, 0.5) is 10.8 Å². The van der Waals surface area contributed by atoms with Crippen LogP contribution in [0.5, 0.6) is 17.2 Å². The van der Waals surface area contributed by atoms with Crippen LogP contribution in [0.25, 0.3) is 0 Å². The molecule has 1 amide bonds. The summed E-state index contributed by atoms with van der Waals surface area (Å²) in [7, 11) is -0.729. The zero-order chi connectivity index (χ0) is 24.8. The number of nitrogens with one attached hydrogen (secondary N) is 2. The largest absolute Gasteiger partial charge is 0.493 e. The number of aromatic nitrogens is 3. The lowest BCUT2D eigenvalue weighted by Crippen LogP contribution is -2.15. The van der Waals surface area contributed by atoms with Gasteiger partial charge in [0.05, 0.1) is 19.1 Å². The molecule has 2 aromatic carbocycles. The third-order valence-electron chi connectivity index (χ3n) is 4.67. The minimum Gasteiger partial charge on any atom is -0.493 e. The van der Waals surface area contributed by atoms with Gasteiger partial charge in [0, 0.05) is 23.5 Å². The predicted molar refractivity (Wildman–Crippen MR) is 130 cm³/mol. The fraction of sp³-hybridized carbons (Fsp3) is 0.136. The van der Waals surface area contributed by atoms with Crippen LogP contribution in [0, 0.1) is 0 Å². The number of nitrogens with zero attached hydrogens (tertiary/aromatic N) is 3. The van der Waals surface area contributed by atoms with Gasteiger partial charge >= 0.3 is 0 Å². The molecule has 0 aliphatic heterocycles. The molecule has 0 fully saturated rings. The van der Waals surface area contributed by atoms with E-state index in [1.807, 2.05) is 0 Å². The van der Waals surface area contributed by atoms with E-state index in [4.69, 9.17) is 14.2 Å². The number of rotatable bonds is 10. The van der Waals surface area contributed by atoms with Crippen molar-refractivity contribution in [3.63, 3.8) is 0 Å². The van der Waals surface area contributed by atoms with E-state index in [1.54, 1.807) is 29.8 Å². The highest BCUT2D eigenvalue weighted by atomic mass is 32.2. The lowest BCUT2D eigenvalue weighted by molar-refractivity contribution is 0.102. The van der Waals surface area contributed by atoms with Gasteiger partial charge in [-0.1, -0.05) is 6.07 Å². The fourth-order valence-corrected chi connectivity index (χ4v) is 4.79. The first kappa shape index (κ1) is 24.0. The summed E-state index contributed by atoms with van der Waals surface area (Å²) in [5, 5.41) is 8.84. The number of amides is 1. The Hall–Kier alpha value is -4.10. The van der Waals surface area contributed by atoms with E-state index >= 15 is 0 Å². The van der Waals surface area contributed by atoms with E-state index in [-0.39, 0.29) is 22.5 Å². The quantitative estimate of drug-likeness (QED) is 0.328. The van der Waals surface area contributed by atoms with E-state index in [0.717, 1.165) is 0 Å². The van der Waals surface area contributed by atoms with Crippen molar-refractivity contribution in [1.82, 2.24) is 14.8 Å². The molecule has 2 aromatic heterocycles. The number of carbonyl (C=O) groups is 1. The Morgan fingerprint density at radius 3 is 2.40 bits per heavy atom. The average molecular weight is 516 g/mol. The third-order valence-corrected chi connectivity index (χ3v) is 6.85. The van der Waals surface area contributed by atoms with Crippen LogP contribution in [-0.4, -0.2) is 43.3 Å². The number of benzene rings is 2. The number of carbonyl (C=O) groups excluding carboxylic acids is 1. The lowest BCUT2D eigenvalue weighted by Gasteiger charge is -2.13. The summed E-state index contributed by atoms with van der Waals surface area (Å²) in [6.45, 7) is 0.0165. The van der Waals surface area contributed by atoms with E-state index in [1.165, 1.54) is 66.8 Å². The van der Waals surface area contributed by atoms with E-state index in [0.29, 0.717) is 22.9 Å². The van der Waals surface area contributed by atoms with Crippen LogP contribution in [0.1, 0.15) is 10.5 Å². The molecule has 0 aliphatic carbocycles. The maximum atomic E-state index is 12.6. The van der Waals surface area contributed by atoms with Crippen LogP contribution in [0.2, 0.25) is 0 Å². The van der Waals surface area contributed by atoms with Crippen molar-refractivity contribution in [3.8, 4) is 17.2 Å². The molecule has 0 aliphatic rings. The van der Waals surface area contributed by atoms with Gasteiger partial charge in [0.15, 0.2) is 29.1 Å². The number of para-hydroxylation sites is 1. The van der Waals surface area contributed by atoms with Gasteiger partial charge in [-0.2, -0.15) is 5.10 Å². The van der Waals surface area contributed by atoms with E-state index in [2.05, 4.69) is 20.1 Å². The van der Waals surface area contributed by atoms with Gasteiger partial charge in [0.1, 0.15) is 0 Å². The number of thiazole rings is 1. The maximum Gasteiger partial charge on any atom is 0.276 e. The predicted octanol–water partition coefficient (Wildman–Crippen LogP) is 3.45. The van der Waals surface area contributed by atoms with Gasteiger partial charge in [-0.05, 0) is 42.5 Å². The third kappa shape index (κ3) is 5.70. The maximum absolute atomic E-state index is 12.6. The minimum absolute atomic E-state index is 0.0165. The summed E-state index contributed by atoms with van der Waals surface area (Å²) in [5.41, 5.74) is 0.565. The van der Waals surface area contributed by atoms with Crippen LogP contribution in [0.3, 0.4) is 0 Å². The summed E-state index contributed by atoms with van der Waals surface area (Å²) < 4.78 is 45.1. The zero-order valence-electron chi connectivity index (χ0n) is 18.7. The topological polar surface area (TPSA) is 134 Å². The molecule has 13 heteroatoms. The molecule has 2 heterocycles. The molecule has 35 heavy (non-hydrogen) atoms. The van der Waals surface area contributed by atoms with Crippen LogP contribution in [-0.2, 0) is 16.8 Å². The number of ether oxygens (including phenoxy) is 3. The summed E-state index contributed by atoms with van der Waals surface area (Å²) in [5.74, 6) is 0.956. The highest BCUT2D eigenvalue weighted by molar-refractivity contribution is 7.93. The average Bonchev–Trinajstić information content (AvgIpc) is 3.55. The Morgan fingerprint density at radius 1 is 1.06 bits per heavy atom. The van der Waals surface area contributed by atoms with Crippen LogP contribution < -0.4 is 24.2 Å². The molecular formula is C22H21N5O6S2. The van der Waals surface area contributed by atoms with Crippen LogP contribution in [0.15, 0.2) is 71.2 Å². The summed E-state index contributed by atoms with van der Waals surface area (Å²) in [6.07, 6.45) is 3.10. The summed E-state index contributed by atoms with van der Waals surface area (Å²) >= 11 is 1.17. The first-order valence-corrected chi connectivity index (χ1v) is 12.5. The molecule has 4 rings (SSSR count). The number of anilines is 2. The van der Waals surface area contributed by atoms with Crippen molar-refractivity contribution >= 4 is 38.1 Å². The van der Waals surface area contributed by atoms with Crippen molar-refractivity contribution < 1.29 is 27.4 Å². The summed E-state index contributed by atoms with van der Waals surface area (Å²) in [4.78, 5) is 16.5. The van der Waals surface area contributed by atoms with Crippen molar-refractivity contribution in [2.45, 2.75) is 11.6 Å². The Kier molecular flexibility index (Phi) is 7.17. The SMILES string of the molecule is COc1cccc(OC)c1OCn1ccc(C(=O)Nc2ccc(S(=O)(=O)Nc3nccs3)cc2)n1. The van der Waals surface area contributed by atoms with Crippen LogP contribution >= 0.6 is 11.3 Å². The molecule has 0 saturated carbocycles. The molecule has 4 aromatic rings. The normalized spacial score (nSPS) is 11.0. The Morgan fingerprint density at radius 2 is 1.77 bits per heavy atom. The van der Waals surface area contributed by atoms with Gasteiger partial charge < -0.3 is 19.5 Å². The standard InChI is InChI=1S/C22H21N5O6S2/c1-31-18-4-3-5-19(32-2)20(18)33-14-27-12-10-17(25-27)21(28)24-15-6-8-16(9-7-15)35(29,30)26-22-23-11-13-34-22/h3-13H,14H2,1-2H3,(H,23,26)(H,24,28). The van der Waals surface area contributed by atoms with E-state index < -0.39 is 15.9 Å². The molecule has 182 valence electrons. The number of hydrogen-bond acceptors (Lipinski definition) is 9. The molecule has 0 atom stereocenters. The molecule has 0 radical (unpaired) electrons. The fourth-order valence-electron chi connectivity index (χ4n) is 3.01. The molecule has 2 N–H and O–H groups in total. The molecule has 11 nitrogen and oxygen atoms in total. The highest BCUT2D eigenvalue weighted by Crippen LogP contribution is 2.36. The van der Waals surface area contributed by atoms with Gasteiger partial charge in [0.25, 0.3) is 15.9 Å². The molecule has 0 saturated heterocycles. The van der Waals surface area contributed by atoms with Crippen molar-refractivity contribution in [2.24, 2.45) is 0 Å².